The molecule has 4 heteroatoms. The summed E-state index contributed by atoms with van der Waals surface area (Å²) in [4.78, 5) is 16.4. The third kappa shape index (κ3) is 1.46. The Hall–Kier alpha value is -0.900. The first-order chi connectivity index (χ1) is 6.18. The van der Waals surface area contributed by atoms with Crippen molar-refractivity contribution in [3.05, 3.63) is 15.6 Å². The molecule has 0 aromatic carbocycles. The third-order valence-corrected chi connectivity index (χ3v) is 3.41. The molecule has 1 aromatic rings. The summed E-state index contributed by atoms with van der Waals surface area (Å²) in [6, 6.07) is 0. The molecular weight excluding hydrogens is 186 g/mol. The Balaban J connectivity index is 2.41. The predicted molar refractivity (Wildman–Crippen MR) is 50.2 cm³/mol. The fraction of sp³-hybridized carbons (Fsp3) is 0.556. The van der Waals surface area contributed by atoms with Crippen LogP contribution in [0.25, 0.3) is 0 Å². The van der Waals surface area contributed by atoms with E-state index in [1.54, 1.807) is 11.3 Å². The molecule has 0 radical (unpaired) electrons. The van der Waals surface area contributed by atoms with E-state index >= 15 is 0 Å². The number of carbonyl (C=O) groups is 1. The Morgan fingerprint density at radius 2 is 2.46 bits per heavy atom. The van der Waals surface area contributed by atoms with Crippen LogP contribution in [0, 0.1) is 6.92 Å². The molecule has 0 saturated carbocycles. The summed E-state index contributed by atoms with van der Waals surface area (Å²) in [7, 11) is 0. The summed E-state index contributed by atoms with van der Waals surface area (Å²) >= 11 is 1.64. The number of thiazole rings is 1. The minimum Gasteiger partial charge on any atom is -0.481 e. The Morgan fingerprint density at radius 3 is 3.15 bits per heavy atom. The van der Waals surface area contributed by atoms with E-state index in [9.17, 15) is 4.79 Å². The Kier molecular flexibility index (Phi) is 2.07. The molecule has 1 aliphatic rings. The highest BCUT2D eigenvalue weighted by Gasteiger charge is 2.29. The average molecular weight is 197 g/mol. The lowest BCUT2D eigenvalue weighted by Gasteiger charge is -2.16. The quantitative estimate of drug-likeness (QED) is 0.748. The number of aromatic nitrogens is 1. The van der Waals surface area contributed by atoms with Crippen molar-refractivity contribution in [1.29, 1.82) is 0 Å². The van der Waals surface area contributed by atoms with Gasteiger partial charge in [0.2, 0.25) is 0 Å². The summed E-state index contributed by atoms with van der Waals surface area (Å²) in [6.45, 7) is 1.93. The van der Waals surface area contributed by atoms with Gasteiger partial charge in [-0.05, 0) is 26.2 Å². The van der Waals surface area contributed by atoms with Gasteiger partial charge in [-0.3, -0.25) is 4.79 Å². The maximum atomic E-state index is 10.9. The number of carboxylic acid groups (broad SMARTS) is 1. The Morgan fingerprint density at radius 1 is 1.69 bits per heavy atom. The maximum Gasteiger partial charge on any atom is 0.312 e. The second-order valence-corrected chi connectivity index (χ2v) is 4.61. The van der Waals surface area contributed by atoms with Gasteiger partial charge >= 0.3 is 5.97 Å². The van der Waals surface area contributed by atoms with Crippen molar-refractivity contribution in [3.63, 3.8) is 0 Å². The summed E-state index contributed by atoms with van der Waals surface area (Å²) in [5.41, 5.74) is 0.821. The monoisotopic (exact) mass is 197 g/mol. The largest absolute Gasteiger partial charge is 0.481 e. The number of carboxylic acids is 1. The first kappa shape index (κ1) is 8.69. The molecule has 3 nitrogen and oxygen atoms in total. The van der Waals surface area contributed by atoms with Gasteiger partial charge in [-0.25, -0.2) is 4.98 Å². The van der Waals surface area contributed by atoms with Gasteiger partial charge in [-0.2, -0.15) is 0 Å². The van der Waals surface area contributed by atoms with Crippen LogP contribution in [0.3, 0.4) is 0 Å². The van der Waals surface area contributed by atoms with Crippen molar-refractivity contribution >= 4 is 17.3 Å². The van der Waals surface area contributed by atoms with E-state index in [1.165, 1.54) is 4.88 Å². The number of hydrogen-bond acceptors (Lipinski definition) is 3. The molecule has 0 fully saturated rings. The van der Waals surface area contributed by atoms with Crippen LogP contribution in [-0.2, 0) is 11.2 Å². The van der Waals surface area contributed by atoms with Crippen molar-refractivity contribution in [3.8, 4) is 0 Å². The molecule has 0 aliphatic heterocycles. The number of nitrogens with zero attached hydrogens (tertiary/aromatic N) is 1. The molecule has 2 rings (SSSR count). The van der Waals surface area contributed by atoms with Crippen LogP contribution < -0.4 is 0 Å². The second-order valence-electron chi connectivity index (χ2n) is 3.32. The molecule has 0 saturated heterocycles. The first-order valence-corrected chi connectivity index (χ1v) is 5.19. The van der Waals surface area contributed by atoms with Crippen LogP contribution in [0.1, 0.15) is 34.3 Å². The van der Waals surface area contributed by atoms with Crippen molar-refractivity contribution in [2.24, 2.45) is 0 Å². The first-order valence-electron chi connectivity index (χ1n) is 4.37. The van der Waals surface area contributed by atoms with Crippen LogP contribution in [0.4, 0.5) is 0 Å². The zero-order valence-electron chi connectivity index (χ0n) is 7.41. The molecule has 1 N–H and O–H groups in total. The minimum absolute atomic E-state index is 0.353. The third-order valence-electron chi connectivity index (χ3n) is 2.36. The number of aryl methyl sites for hydroxylation is 2. The van der Waals surface area contributed by atoms with E-state index in [4.69, 9.17) is 5.11 Å². The van der Waals surface area contributed by atoms with Gasteiger partial charge in [0.1, 0.15) is 0 Å². The lowest BCUT2D eigenvalue weighted by molar-refractivity contribution is -0.139. The second kappa shape index (κ2) is 3.10. The number of rotatable bonds is 1. The van der Waals surface area contributed by atoms with Gasteiger partial charge in [0, 0.05) is 4.88 Å². The standard InChI is InChI=1S/C9H11NO2S/c1-5-10-8-6(9(11)12)3-2-4-7(8)13-5/h6H,2-4H2,1H3,(H,11,12)/t6-/m1/s1. The van der Waals surface area contributed by atoms with E-state index in [1.807, 2.05) is 6.92 Å². The highest BCUT2D eigenvalue weighted by Crippen LogP contribution is 2.34. The molecule has 0 bridgehead atoms. The lowest BCUT2D eigenvalue weighted by Crippen LogP contribution is -2.17. The molecule has 13 heavy (non-hydrogen) atoms. The van der Waals surface area contributed by atoms with Crippen molar-refractivity contribution in [2.75, 3.05) is 0 Å². The molecule has 1 atom stereocenters. The molecular formula is C9H11NO2S. The smallest absolute Gasteiger partial charge is 0.312 e. The zero-order valence-corrected chi connectivity index (χ0v) is 8.23. The molecule has 1 aliphatic carbocycles. The van der Waals surface area contributed by atoms with Crippen LogP contribution in [0.2, 0.25) is 0 Å². The van der Waals surface area contributed by atoms with Gasteiger partial charge in [0.15, 0.2) is 0 Å². The zero-order chi connectivity index (χ0) is 9.42. The highest BCUT2D eigenvalue weighted by atomic mass is 32.1. The van der Waals surface area contributed by atoms with Gasteiger partial charge in [-0.15, -0.1) is 11.3 Å². The van der Waals surface area contributed by atoms with Crippen LogP contribution in [0.5, 0.6) is 0 Å². The van der Waals surface area contributed by atoms with Gasteiger partial charge in [-0.1, -0.05) is 0 Å². The van der Waals surface area contributed by atoms with Gasteiger partial charge in [0.05, 0.1) is 16.6 Å². The average Bonchev–Trinajstić information content (AvgIpc) is 2.43. The highest BCUT2D eigenvalue weighted by molar-refractivity contribution is 7.11. The molecule has 0 spiro atoms. The molecule has 0 unspecified atom stereocenters. The van der Waals surface area contributed by atoms with Gasteiger partial charge < -0.3 is 5.11 Å². The normalized spacial score (nSPS) is 21.2. The van der Waals surface area contributed by atoms with Crippen molar-refractivity contribution in [2.45, 2.75) is 32.1 Å². The van der Waals surface area contributed by atoms with E-state index in [2.05, 4.69) is 4.98 Å². The fourth-order valence-corrected chi connectivity index (χ4v) is 2.82. The van der Waals surface area contributed by atoms with Crippen LogP contribution in [-0.4, -0.2) is 16.1 Å². The SMILES string of the molecule is Cc1nc2c(s1)CCC[C@H]2C(=O)O. The van der Waals surface area contributed by atoms with E-state index in [0.717, 1.165) is 30.0 Å². The molecule has 1 aromatic heterocycles. The Bertz CT molecular complexity index is 345. The summed E-state index contributed by atoms with van der Waals surface area (Å²) < 4.78 is 0. The summed E-state index contributed by atoms with van der Waals surface area (Å²) in [5.74, 6) is -1.08. The Labute approximate surface area is 80.4 Å². The minimum atomic E-state index is -0.730. The summed E-state index contributed by atoms with van der Waals surface area (Å²) in [5, 5.41) is 9.94. The van der Waals surface area contributed by atoms with Gasteiger partial charge in [0.25, 0.3) is 0 Å². The van der Waals surface area contributed by atoms with E-state index in [-0.39, 0.29) is 5.92 Å². The van der Waals surface area contributed by atoms with Crippen molar-refractivity contribution < 1.29 is 9.90 Å². The number of fused-ring (bicyclic) bond motifs is 1. The summed E-state index contributed by atoms with van der Waals surface area (Å²) in [6.07, 6.45) is 2.72. The maximum absolute atomic E-state index is 10.9. The molecule has 0 amide bonds. The topological polar surface area (TPSA) is 50.2 Å². The molecule has 1 heterocycles. The van der Waals surface area contributed by atoms with Crippen molar-refractivity contribution in [1.82, 2.24) is 4.98 Å². The fourth-order valence-electron chi connectivity index (χ4n) is 1.78. The lowest BCUT2D eigenvalue weighted by atomic mass is 9.91. The van der Waals surface area contributed by atoms with Crippen LogP contribution in [0.15, 0.2) is 0 Å². The van der Waals surface area contributed by atoms with Crippen LogP contribution >= 0.6 is 11.3 Å². The predicted octanol–water partition coefficient (Wildman–Crippen LogP) is 1.96. The van der Waals surface area contributed by atoms with E-state index in [0.29, 0.717) is 0 Å². The number of hydrogen-bond donors (Lipinski definition) is 1. The van der Waals surface area contributed by atoms with E-state index < -0.39 is 5.97 Å². The number of aliphatic carboxylic acids is 1. The molecule has 70 valence electrons.